The van der Waals surface area contributed by atoms with Crippen molar-refractivity contribution in [3.63, 3.8) is 0 Å². The highest BCUT2D eigenvalue weighted by atomic mass is 16.5. The summed E-state index contributed by atoms with van der Waals surface area (Å²) in [6.45, 7) is 12.3. The Hall–Kier alpha value is -3.60. The molecular weight excluding hydrogens is 366 g/mol. The highest BCUT2D eigenvalue weighted by Gasteiger charge is 2.26. The Labute approximate surface area is 169 Å². The van der Waals surface area contributed by atoms with Crippen molar-refractivity contribution in [2.75, 3.05) is 23.8 Å². The number of pyridine rings is 2. The first-order valence-corrected chi connectivity index (χ1v) is 9.63. The number of aryl methyl sites for hydroxylation is 2. The number of aromatic amines is 1. The monoisotopic (exact) mass is 389 g/mol. The standard InChI is InChI=1S/C21H23N7O/c1-13-10-18(25-19-11-17(27-28-19)15-5-6-15)26-21(20(13)22-3)23-8-9-29-16-7-4-14(2)24-12-16/h4,7,10-12,15H,5-6,8-9H2,1-2H3,(H3,23,25,26,27,28). The smallest absolute Gasteiger partial charge is 0.231 e. The number of nitrogens with one attached hydrogen (secondary N) is 3. The molecule has 0 unspecified atom stereocenters. The summed E-state index contributed by atoms with van der Waals surface area (Å²) < 4.78 is 5.68. The van der Waals surface area contributed by atoms with Gasteiger partial charge in [-0.05, 0) is 50.5 Å². The fourth-order valence-corrected chi connectivity index (χ4v) is 3.00. The first kappa shape index (κ1) is 18.7. The van der Waals surface area contributed by atoms with Gasteiger partial charge in [0.2, 0.25) is 5.69 Å². The van der Waals surface area contributed by atoms with Gasteiger partial charge in [-0.25, -0.2) is 9.83 Å². The molecule has 1 fully saturated rings. The molecule has 3 aromatic rings. The molecule has 148 valence electrons. The molecule has 0 saturated heterocycles. The van der Waals surface area contributed by atoms with Crippen molar-refractivity contribution in [2.45, 2.75) is 32.6 Å². The van der Waals surface area contributed by atoms with Crippen LogP contribution in [-0.2, 0) is 0 Å². The zero-order chi connectivity index (χ0) is 20.2. The Balaban J connectivity index is 1.40. The molecule has 0 atom stereocenters. The van der Waals surface area contributed by atoms with Crippen LogP contribution in [0.15, 0.2) is 30.5 Å². The minimum Gasteiger partial charge on any atom is -0.490 e. The largest absolute Gasteiger partial charge is 0.490 e. The lowest BCUT2D eigenvalue weighted by atomic mass is 10.2. The molecule has 3 N–H and O–H groups in total. The lowest BCUT2D eigenvalue weighted by Crippen LogP contribution is -2.13. The molecule has 4 rings (SSSR count). The maximum atomic E-state index is 7.48. The maximum absolute atomic E-state index is 7.48. The molecule has 8 nitrogen and oxygen atoms in total. The zero-order valence-electron chi connectivity index (χ0n) is 16.5. The number of anilines is 3. The SMILES string of the molecule is [C-]#[N+]c1c(C)cc(Nc2cc(C3CC3)n[nH]2)nc1NCCOc1ccc(C)nc1. The van der Waals surface area contributed by atoms with E-state index in [0.29, 0.717) is 42.1 Å². The van der Waals surface area contributed by atoms with E-state index in [1.54, 1.807) is 6.20 Å². The molecular formula is C21H23N7O. The molecule has 0 radical (unpaired) electrons. The normalized spacial score (nSPS) is 13.0. The van der Waals surface area contributed by atoms with Gasteiger partial charge in [0.25, 0.3) is 0 Å². The summed E-state index contributed by atoms with van der Waals surface area (Å²) in [5.74, 6) is 3.30. The van der Waals surface area contributed by atoms with Crippen molar-refractivity contribution in [3.05, 3.63) is 58.8 Å². The average Bonchev–Trinajstić information content (AvgIpc) is 3.46. The van der Waals surface area contributed by atoms with E-state index in [1.165, 1.54) is 12.8 Å². The minimum atomic E-state index is 0.436. The third-order valence-corrected chi connectivity index (χ3v) is 4.70. The Morgan fingerprint density at radius 1 is 1.28 bits per heavy atom. The molecule has 3 heterocycles. The van der Waals surface area contributed by atoms with E-state index in [1.807, 2.05) is 38.1 Å². The zero-order valence-corrected chi connectivity index (χ0v) is 16.5. The van der Waals surface area contributed by atoms with Crippen LogP contribution in [0.4, 0.5) is 23.1 Å². The minimum absolute atomic E-state index is 0.436. The van der Waals surface area contributed by atoms with Gasteiger partial charge in [-0.2, -0.15) is 5.10 Å². The summed E-state index contributed by atoms with van der Waals surface area (Å²) >= 11 is 0. The lowest BCUT2D eigenvalue weighted by molar-refractivity contribution is 0.331. The summed E-state index contributed by atoms with van der Waals surface area (Å²) in [5.41, 5.74) is 3.40. The van der Waals surface area contributed by atoms with Crippen LogP contribution in [0.5, 0.6) is 5.75 Å². The number of nitrogens with zero attached hydrogens (tertiary/aromatic N) is 4. The van der Waals surface area contributed by atoms with Crippen molar-refractivity contribution in [1.82, 2.24) is 20.2 Å². The van der Waals surface area contributed by atoms with E-state index < -0.39 is 0 Å². The number of H-pyrrole nitrogens is 1. The number of hydrogen-bond acceptors (Lipinski definition) is 6. The number of aromatic nitrogens is 4. The molecule has 0 aliphatic heterocycles. The van der Waals surface area contributed by atoms with E-state index in [-0.39, 0.29) is 0 Å². The molecule has 0 spiro atoms. The van der Waals surface area contributed by atoms with Gasteiger partial charge in [0.1, 0.15) is 29.8 Å². The number of ether oxygens (including phenoxy) is 1. The van der Waals surface area contributed by atoms with Gasteiger partial charge in [0.15, 0.2) is 0 Å². The van der Waals surface area contributed by atoms with Gasteiger partial charge in [-0.15, -0.1) is 0 Å². The second-order valence-corrected chi connectivity index (χ2v) is 7.15. The van der Waals surface area contributed by atoms with Crippen LogP contribution in [0, 0.1) is 20.4 Å². The van der Waals surface area contributed by atoms with Gasteiger partial charge in [0, 0.05) is 24.2 Å². The summed E-state index contributed by atoms with van der Waals surface area (Å²) in [6, 6.07) is 7.68. The molecule has 0 bridgehead atoms. The molecule has 1 saturated carbocycles. The van der Waals surface area contributed by atoms with Gasteiger partial charge in [-0.1, -0.05) is 0 Å². The quantitative estimate of drug-likeness (QED) is 0.389. The van der Waals surface area contributed by atoms with Crippen molar-refractivity contribution in [2.24, 2.45) is 0 Å². The molecule has 0 amide bonds. The van der Waals surface area contributed by atoms with Crippen molar-refractivity contribution in [3.8, 4) is 5.75 Å². The van der Waals surface area contributed by atoms with E-state index in [0.717, 1.165) is 22.8 Å². The summed E-state index contributed by atoms with van der Waals surface area (Å²) in [4.78, 5) is 12.4. The molecule has 29 heavy (non-hydrogen) atoms. The van der Waals surface area contributed by atoms with Crippen LogP contribution < -0.4 is 15.4 Å². The van der Waals surface area contributed by atoms with Crippen LogP contribution in [0.1, 0.15) is 35.7 Å². The van der Waals surface area contributed by atoms with Crippen LogP contribution in [0.25, 0.3) is 4.85 Å². The molecule has 1 aliphatic carbocycles. The fourth-order valence-electron chi connectivity index (χ4n) is 3.00. The second-order valence-electron chi connectivity index (χ2n) is 7.15. The van der Waals surface area contributed by atoms with Gasteiger partial charge >= 0.3 is 0 Å². The highest BCUT2D eigenvalue weighted by molar-refractivity contribution is 5.73. The third-order valence-electron chi connectivity index (χ3n) is 4.70. The Kier molecular flexibility index (Phi) is 5.29. The predicted molar refractivity (Wildman–Crippen MR) is 112 cm³/mol. The first-order chi connectivity index (χ1) is 14.1. The lowest BCUT2D eigenvalue weighted by Gasteiger charge is -2.13. The maximum Gasteiger partial charge on any atom is 0.231 e. The van der Waals surface area contributed by atoms with E-state index in [2.05, 4.69) is 35.6 Å². The van der Waals surface area contributed by atoms with Crippen LogP contribution in [0.2, 0.25) is 0 Å². The molecule has 0 aromatic carbocycles. The van der Waals surface area contributed by atoms with Crippen molar-refractivity contribution in [1.29, 1.82) is 0 Å². The van der Waals surface area contributed by atoms with E-state index in [4.69, 9.17) is 11.3 Å². The summed E-state index contributed by atoms with van der Waals surface area (Å²) in [6.07, 6.45) is 4.11. The highest BCUT2D eigenvalue weighted by Crippen LogP contribution is 2.39. The topological polar surface area (TPSA) is 92.1 Å². The van der Waals surface area contributed by atoms with Gasteiger partial charge < -0.3 is 15.4 Å². The Bertz CT molecular complexity index is 1030. The Morgan fingerprint density at radius 2 is 2.14 bits per heavy atom. The molecule has 1 aliphatic rings. The first-order valence-electron chi connectivity index (χ1n) is 9.63. The number of rotatable bonds is 8. The van der Waals surface area contributed by atoms with Crippen LogP contribution in [0.3, 0.4) is 0 Å². The van der Waals surface area contributed by atoms with Crippen LogP contribution in [-0.4, -0.2) is 33.3 Å². The van der Waals surface area contributed by atoms with E-state index in [9.17, 15) is 0 Å². The number of hydrogen-bond donors (Lipinski definition) is 3. The third kappa shape index (κ3) is 4.63. The second kappa shape index (κ2) is 8.19. The van der Waals surface area contributed by atoms with Crippen molar-refractivity contribution < 1.29 is 4.74 Å². The van der Waals surface area contributed by atoms with Gasteiger partial charge in [0.05, 0.1) is 18.5 Å². The molecule has 8 heteroatoms. The fraction of sp³-hybridized carbons (Fsp3) is 0.333. The predicted octanol–water partition coefficient (Wildman–Crippen LogP) is 4.48. The summed E-state index contributed by atoms with van der Waals surface area (Å²) in [5, 5.41) is 13.8. The average molecular weight is 389 g/mol. The van der Waals surface area contributed by atoms with Crippen molar-refractivity contribution >= 4 is 23.1 Å². The summed E-state index contributed by atoms with van der Waals surface area (Å²) in [7, 11) is 0. The van der Waals surface area contributed by atoms with E-state index >= 15 is 0 Å². The Morgan fingerprint density at radius 3 is 2.86 bits per heavy atom. The van der Waals surface area contributed by atoms with Gasteiger partial charge in [-0.3, -0.25) is 10.1 Å². The van der Waals surface area contributed by atoms with Crippen LogP contribution >= 0.6 is 0 Å². The molecule has 3 aromatic heterocycles.